The zero-order valence-electron chi connectivity index (χ0n) is 16.7. The molecule has 4 rings (SSSR count). The lowest BCUT2D eigenvalue weighted by molar-refractivity contribution is 0.400. The van der Waals surface area contributed by atoms with Gasteiger partial charge in [-0.1, -0.05) is 12.1 Å². The van der Waals surface area contributed by atoms with Crippen LogP contribution < -0.4 is 5.63 Å². The molecule has 0 N–H and O–H groups in total. The van der Waals surface area contributed by atoms with Crippen molar-refractivity contribution in [1.82, 2.24) is 19.3 Å². The van der Waals surface area contributed by atoms with Crippen LogP contribution in [0.5, 0.6) is 0 Å². The number of rotatable bonds is 5. The number of benzene rings is 1. The number of hydrogen-bond acceptors (Lipinski definition) is 5. The molecule has 4 aromatic rings. The minimum absolute atomic E-state index is 0.372. The lowest BCUT2D eigenvalue weighted by atomic mass is 10.1. The van der Waals surface area contributed by atoms with Gasteiger partial charge in [0, 0.05) is 17.8 Å². The van der Waals surface area contributed by atoms with Crippen LogP contribution in [-0.2, 0) is 6.42 Å². The zero-order valence-corrected chi connectivity index (χ0v) is 16.7. The normalized spacial score (nSPS) is 11.8. The van der Waals surface area contributed by atoms with Crippen LogP contribution >= 0.6 is 0 Å². The molecule has 3 aromatic heterocycles. The van der Waals surface area contributed by atoms with E-state index in [0.717, 1.165) is 41.8 Å². The van der Waals surface area contributed by atoms with Crippen molar-refractivity contribution in [3.8, 4) is 11.3 Å². The molecule has 0 spiro atoms. The van der Waals surface area contributed by atoms with E-state index in [0.29, 0.717) is 16.8 Å². The molecule has 6 heteroatoms. The summed E-state index contributed by atoms with van der Waals surface area (Å²) in [7, 11) is 4.14. The lowest BCUT2D eigenvalue weighted by Crippen LogP contribution is -2.13. The topological polar surface area (TPSA) is 63.6 Å². The Labute approximate surface area is 163 Å². The molecule has 0 radical (unpaired) electrons. The maximum absolute atomic E-state index is 12.6. The van der Waals surface area contributed by atoms with Crippen molar-refractivity contribution in [3.05, 3.63) is 64.0 Å². The predicted octanol–water partition coefficient (Wildman–Crippen LogP) is 3.61. The fourth-order valence-corrected chi connectivity index (χ4v) is 3.52. The molecule has 6 nitrogen and oxygen atoms in total. The Hall–Kier alpha value is -2.99. The minimum Gasteiger partial charge on any atom is -0.422 e. The quantitative estimate of drug-likeness (QED) is 0.498. The number of hydrogen-bond donors (Lipinski definition) is 0. The number of imidazole rings is 1. The summed E-state index contributed by atoms with van der Waals surface area (Å²) in [5.74, 6) is 0. The van der Waals surface area contributed by atoms with E-state index in [-0.39, 0.29) is 5.63 Å². The van der Waals surface area contributed by atoms with Gasteiger partial charge in [-0.3, -0.25) is 4.98 Å². The van der Waals surface area contributed by atoms with Crippen molar-refractivity contribution in [2.45, 2.75) is 26.7 Å². The van der Waals surface area contributed by atoms with Crippen LogP contribution in [0.25, 0.3) is 27.9 Å². The van der Waals surface area contributed by atoms with Gasteiger partial charge in [0.2, 0.25) is 0 Å². The van der Waals surface area contributed by atoms with Crippen LogP contribution in [0.2, 0.25) is 0 Å². The van der Waals surface area contributed by atoms with Gasteiger partial charge in [-0.15, -0.1) is 0 Å². The molecule has 0 aliphatic rings. The summed E-state index contributed by atoms with van der Waals surface area (Å²) in [6.45, 7) is 4.88. The molecular formula is C22H24N4O2. The van der Waals surface area contributed by atoms with E-state index in [1.54, 1.807) is 0 Å². The first-order valence-electron chi connectivity index (χ1n) is 9.45. The molecule has 0 aliphatic carbocycles. The number of aryl methyl sites for hydroxylation is 3. The van der Waals surface area contributed by atoms with Crippen LogP contribution in [-0.4, -0.2) is 39.9 Å². The molecule has 0 aliphatic heterocycles. The van der Waals surface area contributed by atoms with E-state index in [1.807, 2.05) is 48.8 Å². The molecule has 0 saturated carbocycles. The lowest BCUT2D eigenvalue weighted by Gasteiger charge is -2.09. The van der Waals surface area contributed by atoms with E-state index in [4.69, 9.17) is 4.42 Å². The van der Waals surface area contributed by atoms with Gasteiger partial charge in [-0.2, -0.15) is 0 Å². The Morgan fingerprint density at radius 3 is 2.71 bits per heavy atom. The molecule has 0 fully saturated rings. The summed E-state index contributed by atoms with van der Waals surface area (Å²) in [6, 6.07) is 7.95. The highest BCUT2D eigenvalue weighted by Gasteiger charge is 2.13. The number of aromatic nitrogens is 3. The van der Waals surface area contributed by atoms with Gasteiger partial charge in [0.15, 0.2) is 5.65 Å². The third-order valence-corrected chi connectivity index (χ3v) is 4.87. The Morgan fingerprint density at radius 2 is 1.93 bits per heavy atom. The summed E-state index contributed by atoms with van der Waals surface area (Å²) < 4.78 is 7.54. The zero-order chi connectivity index (χ0) is 19.8. The molecule has 0 atom stereocenters. The first-order chi connectivity index (χ1) is 13.4. The average Bonchev–Trinajstić information content (AvgIpc) is 3.04. The highest BCUT2D eigenvalue weighted by Crippen LogP contribution is 2.23. The second kappa shape index (κ2) is 7.20. The van der Waals surface area contributed by atoms with Crippen LogP contribution in [0.15, 0.2) is 45.9 Å². The van der Waals surface area contributed by atoms with Crippen molar-refractivity contribution >= 4 is 16.6 Å². The first kappa shape index (κ1) is 18.4. The van der Waals surface area contributed by atoms with E-state index in [2.05, 4.69) is 35.0 Å². The fourth-order valence-electron chi connectivity index (χ4n) is 3.52. The maximum atomic E-state index is 12.6. The van der Waals surface area contributed by atoms with Gasteiger partial charge in [-0.05, 0) is 65.0 Å². The van der Waals surface area contributed by atoms with Gasteiger partial charge in [0.05, 0.1) is 22.6 Å². The molecule has 144 valence electrons. The van der Waals surface area contributed by atoms with E-state index in [1.165, 1.54) is 5.56 Å². The van der Waals surface area contributed by atoms with Crippen molar-refractivity contribution < 1.29 is 4.42 Å². The minimum atomic E-state index is -0.372. The second-order valence-corrected chi connectivity index (χ2v) is 7.55. The largest absolute Gasteiger partial charge is 0.422 e. The summed E-state index contributed by atoms with van der Waals surface area (Å²) in [6.07, 6.45) is 5.78. The van der Waals surface area contributed by atoms with Crippen molar-refractivity contribution in [2.24, 2.45) is 0 Å². The first-order valence-corrected chi connectivity index (χ1v) is 9.45. The Bertz CT molecular complexity index is 1220. The Kier molecular flexibility index (Phi) is 4.73. The number of fused-ring (bicyclic) bond motifs is 2. The van der Waals surface area contributed by atoms with Crippen molar-refractivity contribution in [1.29, 1.82) is 0 Å². The van der Waals surface area contributed by atoms with Gasteiger partial charge >= 0.3 is 5.63 Å². The molecule has 0 saturated heterocycles. The molecular weight excluding hydrogens is 352 g/mol. The van der Waals surface area contributed by atoms with Crippen molar-refractivity contribution in [3.63, 3.8) is 0 Å². The van der Waals surface area contributed by atoms with Gasteiger partial charge in [-0.25, -0.2) is 9.78 Å². The Balaban J connectivity index is 1.72. The number of nitrogens with zero attached hydrogens (tertiary/aromatic N) is 4. The fraction of sp³-hybridized carbons (Fsp3) is 0.318. The van der Waals surface area contributed by atoms with Gasteiger partial charge < -0.3 is 13.7 Å². The Morgan fingerprint density at radius 1 is 1.11 bits per heavy atom. The van der Waals surface area contributed by atoms with E-state index >= 15 is 0 Å². The van der Waals surface area contributed by atoms with Crippen LogP contribution in [0, 0.1) is 13.8 Å². The van der Waals surface area contributed by atoms with Crippen molar-refractivity contribution in [2.75, 3.05) is 20.6 Å². The summed E-state index contributed by atoms with van der Waals surface area (Å²) in [5, 5.41) is 0.897. The third kappa shape index (κ3) is 3.55. The highest BCUT2D eigenvalue weighted by molar-refractivity contribution is 5.81. The van der Waals surface area contributed by atoms with Crippen LogP contribution in [0.3, 0.4) is 0 Å². The van der Waals surface area contributed by atoms with E-state index < -0.39 is 0 Å². The predicted molar refractivity (Wildman–Crippen MR) is 111 cm³/mol. The standard InChI is InChI=1S/C22H24N4O2/c1-14-12-26-13-19(24-21(26)15(2)23-14)18-11-17-8-7-16(6-5-9-25(3)4)10-20(17)28-22(18)27/h7-8,10-13H,5-6,9H2,1-4H3. The molecule has 0 bridgehead atoms. The van der Waals surface area contributed by atoms with Crippen LogP contribution in [0.1, 0.15) is 23.4 Å². The smallest absolute Gasteiger partial charge is 0.345 e. The van der Waals surface area contributed by atoms with E-state index in [9.17, 15) is 4.79 Å². The maximum Gasteiger partial charge on any atom is 0.345 e. The monoisotopic (exact) mass is 376 g/mol. The average molecular weight is 376 g/mol. The van der Waals surface area contributed by atoms with Crippen LogP contribution in [0.4, 0.5) is 0 Å². The summed E-state index contributed by atoms with van der Waals surface area (Å²) in [5.41, 5.74) is 4.97. The molecule has 1 aromatic carbocycles. The molecule has 3 heterocycles. The third-order valence-electron chi connectivity index (χ3n) is 4.87. The highest BCUT2D eigenvalue weighted by atomic mass is 16.4. The molecule has 0 amide bonds. The van der Waals surface area contributed by atoms with Gasteiger partial charge in [0.1, 0.15) is 5.58 Å². The second-order valence-electron chi connectivity index (χ2n) is 7.55. The van der Waals surface area contributed by atoms with Gasteiger partial charge in [0.25, 0.3) is 0 Å². The molecule has 0 unspecified atom stereocenters. The summed E-state index contributed by atoms with van der Waals surface area (Å²) in [4.78, 5) is 23.8. The SMILES string of the molecule is Cc1cn2cc(-c3cc4ccc(CCCN(C)C)cc4oc3=O)nc2c(C)n1. The summed E-state index contributed by atoms with van der Waals surface area (Å²) >= 11 is 0. The molecule has 28 heavy (non-hydrogen) atoms.